The van der Waals surface area contributed by atoms with E-state index in [2.05, 4.69) is 0 Å². The number of carbonyl (C=O) groups is 1. The Morgan fingerprint density at radius 3 is 2.68 bits per heavy atom. The van der Waals surface area contributed by atoms with Crippen molar-refractivity contribution >= 4 is 6.09 Å². The molecule has 0 aromatic heterocycles. The predicted molar refractivity (Wildman–Crippen MR) is 72.8 cm³/mol. The number of phenols is 1. The highest BCUT2D eigenvalue weighted by Gasteiger charge is 2.06. The van der Waals surface area contributed by atoms with E-state index in [1.165, 1.54) is 0 Å². The zero-order valence-corrected chi connectivity index (χ0v) is 10.4. The summed E-state index contributed by atoms with van der Waals surface area (Å²) in [7, 11) is 0. The van der Waals surface area contributed by atoms with Gasteiger partial charge in [0.15, 0.2) is 0 Å². The zero-order chi connectivity index (χ0) is 13.7. The van der Waals surface area contributed by atoms with Crippen molar-refractivity contribution in [2.75, 3.05) is 6.61 Å². The van der Waals surface area contributed by atoms with Crippen LogP contribution < -0.4 is 5.73 Å². The number of hydrogen-bond acceptors (Lipinski definition) is 3. The fraction of sp³-hybridized carbons (Fsp3) is 0.133. The third-order valence-corrected chi connectivity index (χ3v) is 2.79. The van der Waals surface area contributed by atoms with Gasteiger partial charge in [-0.05, 0) is 28.8 Å². The zero-order valence-electron chi connectivity index (χ0n) is 10.4. The Morgan fingerprint density at radius 2 is 1.95 bits per heavy atom. The maximum absolute atomic E-state index is 10.6. The van der Waals surface area contributed by atoms with Gasteiger partial charge in [-0.25, -0.2) is 4.79 Å². The lowest BCUT2D eigenvalue weighted by Gasteiger charge is -2.10. The maximum Gasteiger partial charge on any atom is 0.404 e. The summed E-state index contributed by atoms with van der Waals surface area (Å²) in [5.41, 5.74) is 7.90. The van der Waals surface area contributed by atoms with Gasteiger partial charge in [0.05, 0.1) is 6.61 Å². The van der Waals surface area contributed by atoms with Crippen LogP contribution in [0.15, 0.2) is 48.5 Å². The number of amides is 1. The van der Waals surface area contributed by atoms with Crippen LogP contribution in [-0.2, 0) is 11.2 Å². The molecular weight excluding hydrogens is 242 g/mol. The van der Waals surface area contributed by atoms with Crippen molar-refractivity contribution in [3.63, 3.8) is 0 Å². The average molecular weight is 257 g/mol. The second-order valence-electron chi connectivity index (χ2n) is 4.12. The Bertz CT molecular complexity index is 581. The van der Waals surface area contributed by atoms with E-state index in [0.717, 1.165) is 16.7 Å². The third kappa shape index (κ3) is 3.48. The summed E-state index contributed by atoms with van der Waals surface area (Å²) >= 11 is 0. The van der Waals surface area contributed by atoms with Crippen LogP contribution in [0.25, 0.3) is 11.1 Å². The molecule has 4 heteroatoms. The number of aromatic hydroxyl groups is 1. The van der Waals surface area contributed by atoms with Crippen LogP contribution in [0.5, 0.6) is 5.75 Å². The first-order chi connectivity index (χ1) is 9.16. The molecule has 0 radical (unpaired) electrons. The molecule has 1 amide bonds. The molecule has 2 aromatic carbocycles. The highest BCUT2D eigenvalue weighted by molar-refractivity contribution is 5.69. The normalized spacial score (nSPS) is 10.1. The molecule has 0 atom stereocenters. The highest BCUT2D eigenvalue weighted by atomic mass is 16.5. The first kappa shape index (κ1) is 13.0. The summed E-state index contributed by atoms with van der Waals surface area (Å²) in [6, 6.07) is 14.8. The smallest absolute Gasteiger partial charge is 0.404 e. The van der Waals surface area contributed by atoms with Gasteiger partial charge in [-0.3, -0.25) is 0 Å². The van der Waals surface area contributed by atoms with E-state index in [9.17, 15) is 9.90 Å². The van der Waals surface area contributed by atoms with Crippen molar-refractivity contribution in [1.82, 2.24) is 0 Å². The van der Waals surface area contributed by atoms with Gasteiger partial charge in [-0.1, -0.05) is 36.4 Å². The van der Waals surface area contributed by atoms with E-state index in [-0.39, 0.29) is 12.4 Å². The number of rotatable bonds is 4. The molecule has 0 saturated carbocycles. The maximum atomic E-state index is 10.6. The van der Waals surface area contributed by atoms with Crippen LogP contribution in [-0.4, -0.2) is 17.8 Å². The number of carbonyl (C=O) groups excluding carboxylic acids is 1. The lowest BCUT2D eigenvalue weighted by Crippen LogP contribution is -2.14. The molecule has 2 rings (SSSR count). The summed E-state index contributed by atoms with van der Waals surface area (Å²) in [6.45, 7) is 0.241. The van der Waals surface area contributed by atoms with Crippen LogP contribution in [0.3, 0.4) is 0 Å². The molecule has 0 fully saturated rings. The highest BCUT2D eigenvalue weighted by Crippen LogP contribution is 2.26. The van der Waals surface area contributed by atoms with Crippen molar-refractivity contribution in [2.24, 2.45) is 5.73 Å². The predicted octanol–water partition coefficient (Wildman–Crippen LogP) is 2.70. The Kier molecular flexibility index (Phi) is 4.03. The molecule has 3 N–H and O–H groups in total. The van der Waals surface area contributed by atoms with E-state index in [4.69, 9.17) is 10.5 Å². The molecule has 0 heterocycles. The van der Waals surface area contributed by atoms with Crippen LogP contribution in [0, 0.1) is 0 Å². The van der Waals surface area contributed by atoms with Gasteiger partial charge in [-0.15, -0.1) is 0 Å². The molecule has 0 unspecified atom stereocenters. The van der Waals surface area contributed by atoms with Gasteiger partial charge in [-0.2, -0.15) is 0 Å². The summed E-state index contributed by atoms with van der Waals surface area (Å²) in [5, 5.41) is 9.53. The van der Waals surface area contributed by atoms with E-state index in [1.54, 1.807) is 18.2 Å². The van der Waals surface area contributed by atoms with Crippen LogP contribution in [0.1, 0.15) is 5.56 Å². The second kappa shape index (κ2) is 5.91. The molecule has 98 valence electrons. The van der Waals surface area contributed by atoms with E-state index in [1.807, 2.05) is 30.3 Å². The average Bonchev–Trinajstić information content (AvgIpc) is 2.39. The van der Waals surface area contributed by atoms with Gasteiger partial charge < -0.3 is 15.6 Å². The van der Waals surface area contributed by atoms with Crippen LogP contribution >= 0.6 is 0 Å². The molecular formula is C15H15NO3. The number of ether oxygens (including phenoxy) is 1. The Morgan fingerprint density at radius 1 is 1.16 bits per heavy atom. The van der Waals surface area contributed by atoms with Gasteiger partial charge in [0.1, 0.15) is 5.75 Å². The monoisotopic (exact) mass is 257 g/mol. The minimum Gasteiger partial charge on any atom is -0.508 e. The van der Waals surface area contributed by atoms with E-state index < -0.39 is 6.09 Å². The third-order valence-electron chi connectivity index (χ3n) is 2.79. The first-order valence-corrected chi connectivity index (χ1v) is 5.96. The molecule has 2 aromatic rings. The Balaban J connectivity index is 2.23. The lowest BCUT2D eigenvalue weighted by molar-refractivity contribution is 0.158. The van der Waals surface area contributed by atoms with Crippen LogP contribution in [0.4, 0.5) is 4.79 Å². The van der Waals surface area contributed by atoms with Crippen molar-refractivity contribution in [2.45, 2.75) is 6.42 Å². The Hall–Kier alpha value is -2.49. The molecule has 0 spiro atoms. The number of primary amides is 1. The number of benzene rings is 2. The quantitative estimate of drug-likeness (QED) is 0.884. The van der Waals surface area contributed by atoms with Crippen molar-refractivity contribution < 1.29 is 14.6 Å². The summed E-state index contributed by atoms with van der Waals surface area (Å²) in [6.07, 6.45) is -0.191. The van der Waals surface area contributed by atoms with Gasteiger partial charge in [0, 0.05) is 6.42 Å². The number of hydrogen-bond donors (Lipinski definition) is 2. The summed E-state index contributed by atoms with van der Waals surface area (Å²) < 4.78 is 4.75. The van der Waals surface area contributed by atoms with Gasteiger partial charge >= 0.3 is 6.09 Å². The largest absolute Gasteiger partial charge is 0.508 e. The molecule has 0 aliphatic rings. The standard InChI is InChI=1S/C15H15NO3/c16-15(18)19-9-8-11-4-1-2-7-14(11)12-5-3-6-13(17)10-12/h1-7,10,17H,8-9H2,(H2,16,18). The summed E-state index contributed by atoms with van der Waals surface area (Å²) in [4.78, 5) is 10.6. The van der Waals surface area contributed by atoms with Crippen molar-refractivity contribution in [3.05, 3.63) is 54.1 Å². The second-order valence-corrected chi connectivity index (χ2v) is 4.12. The molecule has 0 aliphatic carbocycles. The lowest BCUT2D eigenvalue weighted by atomic mass is 9.98. The fourth-order valence-corrected chi connectivity index (χ4v) is 1.95. The minimum atomic E-state index is -0.769. The Labute approximate surface area is 111 Å². The SMILES string of the molecule is NC(=O)OCCc1ccccc1-c1cccc(O)c1. The number of phenolic OH excluding ortho intramolecular Hbond substituents is 1. The van der Waals surface area contributed by atoms with Crippen molar-refractivity contribution in [3.8, 4) is 16.9 Å². The molecule has 0 aliphatic heterocycles. The number of nitrogens with two attached hydrogens (primary N) is 1. The van der Waals surface area contributed by atoms with Crippen molar-refractivity contribution in [1.29, 1.82) is 0 Å². The van der Waals surface area contributed by atoms with Crippen LogP contribution in [0.2, 0.25) is 0 Å². The molecule has 4 nitrogen and oxygen atoms in total. The minimum absolute atomic E-state index is 0.223. The van der Waals surface area contributed by atoms with Gasteiger partial charge in [0.25, 0.3) is 0 Å². The first-order valence-electron chi connectivity index (χ1n) is 5.96. The molecule has 0 bridgehead atoms. The fourth-order valence-electron chi connectivity index (χ4n) is 1.95. The van der Waals surface area contributed by atoms with E-state index in [0.29, 0.717) is 6.42 Å². The van der Waals surface area contributed by atoms with E-state index >= 15 is 0 Å². The molecule has 0 saturated heterocycles. The topological polar surface area (TPSA) is 72.6 Å². The molecule has 19 heavy (non-hydrogen) atoms. The van der Waals surface area contributed by atoms with Gasteiger partial charge in [0.2, 0.25) is 0 Å². The summed E-state index contributed by atoms with van der Waals surface area (Å²) in [5.74, 6) is 0.223.